The molecule has 1 aromatic heterocycles. The SMILES string of the molecule is Cc1c(N2CCCC(N)C2)n[nH]c1-c1ccccc1. The molecule has 1 aromatic carbocycles. The van der Waals surface area contributed by atoms with E-state index in [0.717, 1.165) is 37.4 Å². The molecule has 4 nitrogen and oxygen atoms in total. The summed E-state index contributed by atoms with van der Waals surface area (Å²) in [5, 5.41) is 7.67. The van der Waals surface area contributed by atoms with Gasteiger partial charge in [0, 0.05) is 24.7 Å². The van der Waals surface area contributed by atoms with Crippen molar-refractivity contribution in [1.29, 1.82) is 0 Å². The lowest BCUT2D eigenvalue weighted by Crippen LogP contribution is -2.43. The zero-order chi connectivity index (χ0) is 13.2. The molecule has 0 bridgehead atoms. The molecule has 4 heteroatoms. The smallest absolute Gasteiger partial charge is 0.153 e. The molecule has 0 aliphatic carbocycles. The Balaban J connectivity index is 1.91. The zero-order valence-electron chi connectivity index (χ0n) is 11.3. The molecule has 19 heavy (non-hydrogen) atoms. The number of nitrogens with zero attached hydrogens (tertiary/aromatic N) is 2. The van der Waals surface area contributed by atoms with E-state index < -0.39 is 0 Å². The number of rotatable bonds is 2. The van der Waals surface area contributed by atoms with Gasteiger partial charge in [-0.3, -0.25) is 5.10 Å². The minimum Gasteiger partial charge on any atom is -0.353 e. The zero-order valence-corrected chi connectivity index (χ0v) is 11.3. The molecule has 1 unspecified atom stereocenters. The summed E-state index contributed by atoms with van der Waals surface area (Å²) in [7, 11) is 0. The number of aromatic nitrogens is 2. The van der Waals surface area contributed by atoms with Crippen LogP contribution in [0.1, 0.15) is 18.4 Å². The van der Waals surface area contributed by atoms with E-state index in [0.29, 0.717) is 0 Å². The number of anilines is 1. The molecule has 2 aromatic rings. The maximum atomic E-state index is 6.05. The summed E-state index contributed by atoms with van der Waals surface area (Å²) >= 11 is 0. The van der Waals surface area contributed by atoms with Gasteiger partial charge in [0.25, 0.3) is 0 Å². The Hall–Kier alpha value is -1.81. The van der Waals surface area contributed by atoms with E-state index in [1.165, 1.54) is 11.1 Å². The second kappa shape index (κ2) is 5.05. The van der Waals surface area contributed by atoms with Gasteiger partial charge in [-0.25, -0.2) is 0 Å². The van der Waals surface area contributed by atoms with Crippen LogP contribution in [0.25, 0.3) is 11.3 Å². The van der Waals surface area contributed by atoms with Gasteiger partial charge < -0.3 is 10.6 Å². The Morgan fingerprint density at radius 2 is 2.11 bits per heavy atom. The molecule has 2 heterocycles. The van der Waals surface area contributed by atoms with Gasteiger partial charge in [-0.15, -0.1) is 0 Å². The molecule has 0 spiro atoms. The molecule has 1 aliphatic heterocycles. The van der Waals surface area contributed by atoms with Crippen molar-refractivity contribution in [2.75, 3.05) is 18.0 Å². The van der Waals surface area contributed by atoms with Crippen LogP contribution in [0.2, 0.25) is 0 Å². The van der Waals surface area contributed by atoms with Crippen LogP contribution in [0.3, 0.4) is 0 Å². The second-order valence-corrected chi connectivity index (χ2v) is 5.26. The number of aromatic amines is 1. The van der Waals surface area contributed by atoms with Crippen LogP contribution >= 0.6 is 0 Å². The monoisotopic (exact) mass is 256 g/mol. The molecule has 0 amide bonds. The van der Waals surface area contributed by atoms with Crippen LogP contribution in [-0.2, 0) is 0 Å². The van der Waals surface area contributed by atoms with E-state index in [1.807, 2.05) is 18.2 Å². The van der Waals surface area contributed by atoms with Crippen LogP contribution in [0, 0.1) is 6.92 Å². The predicted molar refractivity (Wildman–Crippen MR) is 78.2 cm³/mol. The Morgan fingerprint density at radius 1 is 1.32 bits per heavy atom. The fraction of sp³-hybridized carbons (Fsp3) is 0.400. The highest BCUT2D eigenvalue weighted by molar-refractivity contribution is 5.69. The molecule has 1 atom stereocenters. The molecule has 100 valence electrons. The van der Waals surface area contributed by atoms with E-state index >= 15 is 0 Å². The number of H-pyrrole nitrogens is 1. The van der Waals surface area contributed by atoms with Crippen molar-refractivity contribution in [3.63, 3.8) is 0 Å². The Kier molecular flexibility index (Phi) is 3.25. The van der Waals surface area contributed by atoms with E-state index in [9.17, 15) is 0 Å². The van der Waals surface area contributed by atoms with E-state index in [2.05, 4.69) is 34.2 Å². The molecule has 1 saturated heterocycles. The number of hydrogen-bond donors (Lipinski definition) is 2. The average molecular weight is 256 g/mol. The van der Waals surface area contributed by atoms with Crippen molar-refractivity contribution in [3.05, 3.63) is 35.9 Å². The van der Waals surface area contributed by atoms with Crippen LogP contribution in [0.5, 0.6) is 0 Å². The summed E-state index contributed by atoms with van der Waals surface area (Å²) in [6, 6.07) is 10.6. The van der Waals surface area contributed by atoms with Crippen molar-refractivity contribution in [2.24, 2.45) is 5.73 Å². The van der Waals surface area contributed by atoms with Crippen molar-refractivity contribution >= 4 is 5.82 Å². The van der Waals surface area contributed by atoms with E-state index in [-0.39, 0.29) is 6.04 Å². The van der Waals surface area contributed by atoms with Gasteiger partial charge in [0.2, 0.25) is 0 Å². The Labute approximate surface area is 113 Å². The van der Waals surface area contributed by atoms with Crippen molar-refractivity contribution in [1.82, 2.24) is 10.2 Å². The third-order valence-corrected chi connectivity index (χ3v) is 3.80. The number of hydrogen-bond acceptors (Lipinski definition) is 3. The average Bonchev–Trinajstić information content (AvgIpc) is 2.81. The van der Waals surface area contributed by atoms with Gasteiger partial charge in [0.05, 0.1) is 5.69 Å². The van der Waals surface area contributed by atoms with Gasteiger partial charge >= 0.3 is 0 Å². The maximum Gasteiger partial charge on any atom is 0.153 e. The summed E-state index contributed by atoms with van der Waals surface area (Å²) < 4.78 is 0. The van der Waals surface area contributed by atoms with Crippen LogP contribution in [-0.4, -0.2) is 29.3 Å². The summed E-state index contributed by atoms with van der Waals surface area (Å²) in [5.41, 5.74) is 9.55. The first-order valence-corrected chi connectivity index (χ1v) is 6.86. The Morgan fingerprint density at radius 3 is 2.84 bits per heavy atom. The number of nitrogens with one attached hydrogen (secondary N) is 1. The molecule has 3 rings (SSSR count). The molecular formula is C15H20N4. The first-order valence-electron chi connectivity index (χ1n) is 6.86. The van der Waals surface area contributed by atoms with Crippen molar-refractivity contribution < 1.29 is 0 Å². The van der Waals surface area contributed by atoms with Crippen LogP contribution in [0.4, 0.5) is 5.82 Å². The minimum absolute atomic E-state index is 0.269. The molecule has 1 aliphatic rings. The van der Waals surface area contributed by atoms with E-state index in [4.69, 9.17) is 5.73 Å². The summed E-state index contributed by atoms with van der Waals surface area (Å²) in [4.78, 5) is 2.30. The first kappa shape index (κ1) is 12.2. The van der Waals surface area contributed by atoms with Gasteiger partial charge in [0.15, 0.2) is 5.82 Å². The van der Waals surface area contributed by atoms with Crippen molar-refractivity contribution in [3.8, 4) is 11.3 Å². The highest BCUT2D eigenvalue weighted by Crippen LogP contribution is 2.29. The summed E-state index contributed by atoms with van der Waals surface area (Å²) in [5.74, 6) is 1.05. The lowest BCUT2D eigenvalue weighted by molar-refractivity contribution is 0.502. The fourth-order valence-electron chi connectivity index (χ4n) is 2.78. The standard InChI is InChI=1S/C15H20N4/c1-11-14(12-6-3-2-4-7-12)17-18-15(11)19-9-5-8-13(16)10-19/h2-4,6-7,13H,5,8-10,16H2,1H3,(H,17,18). The third-order valence-electron chi connectivity index (χ3n) is 3.80. The molecule has 3 N–H and O–H groups in total. The quantitative estimate of drug-likeness (QED) is 0.867. The third kappa shape index (κ3) is 2.36. The highest BCUT2D eigenvalue weighted by Gasteiger charge is 2.21. The highest BCUT2D eigenvalue weighted by atomic mass is 15.3. The van der Waals surface area contributed by atoms with Crippen LogP contribution in [0.15, 0.2) is 30.3 Å². The maximum absolute atomic E-state index is 6.05. The lowest BCUT2D eigenvalue weighted by Gasteiger charge is -2.31. The largest absolute Gasteiger partial charge is 0.353 e. The number of nitrogens with two attached hydrogens (primary N) is 1. The van der Waals surface area contributed by atoms with Crippen LogP contribution < -0.4 is 10.6 Å². The molecular weight excluding hydrogens is 236 g/mol. The Bertz CT molecular complexity index is 547. The van der Waals surface area contributed by atoms with Gasteiger partial charge in [-0.2, -0.15) is 5.10 Å². The molecule has 0 saturated carbocycles. The second-order valence-electron chi connectivity index (χ2n) is 5.26. The summed E-state index contributed by atoms with van der Waals surface area (Å²) in [6.07, 6.45) is 2.26. The normalized spacial score (nSPS) is 19.7. The molecule has 1 fully saturated rings. The van der Waals surface area contributed by atoms with E-state index in [1.54, 1.807) is 0 Å². The number of piperidine rings is 1. The fourth-order valence-corrected chi connectivity index (χ4v) is 2.78. The summed E-state index contributed by atoms with van der Waals surface area (Å²) in [6.45, 7) is 4.08. The van der Waals surface area contributed by atoms with Gasteiger partial charge in [-0.1, -0.05) is 30.3 Å². The van der Waals surface area contributed by atoms with Gasteiger partial charge in [0.1, 0.15) is 0 Å². The first-order chi connectivity index (χ1) is 9.25. The van der Waals surface area contributed by atoms with Crippen molar-refractivity contribution in [2.45, 2.75) is 25.8 Å². The lowest BCUT2D eigenvalue weighted by atomic mass is 10.0. The van der Waals surface area contributed by atoms with Gasteiger partial charge in [-0.05, 0) is 25.3 Å². The minimum atomic E-state index is 0.269. The number of benzene rings is 1. The molecule has 0 radical (unpaired) electrons. The topological polar surface area (TPSA) is 57.9 Å². The predicted octanol–water partition coefficient (Wildman–Crippen LogP) is 2.31.